The van der Waals surface area contributed by atoms with E-state index in [4.69, 9.17) is 17.3 Å². The number of halogens is 1. The third kappa shape index (κ3) is 11.7. The zero-order chi connectivity index (χ0) is 46.9. The Morgan fingerprint density at radius 3 is 2.18 bits per heavy atom. The number of benzene rings is 4. The first-order valence-electron chi connectivity index (χ1n) is 22.8. The van der Waals surface area contributed by atoms with Crippen molar-refractivity contribution in [2.75, 3.05) is 20.1 Å². The molecule has 0 aromatic heterocycles. The highest BCUT2D eigenvalue weighted by Gasteiger charge is 2.37. The fourth-order valence-electron chi connectivity index (χ4n) is 9.25. The highest BCUT2D eigenvalue weighted by atomic mass is 35.5. The van der Waals surface area contributed by atoms with Crippen LogP contribution in [0.5, 0.6) is 11.5 Å². The number of carbonyl (C=O) groups excluding carboxylic acids is 6. The van der Waals surface area contributed by atoms with Crippen LogP contribution in [0.2, 0.25) is 5.02 Å². The summed E-state index contributed by atoms with van der Waals surface area (Å²) in [6.45, 7) is 6.38. The summed E-state index contributed by atoms with van der Waals surface area (Å²) in [5.74, 6) is -4.98. The Morgan fingerprint density at radius 2 is 1.52 bits per heavy atom. The Kier molecular flexibility index (Phi) is 16.4. The van der Waals surface area contributed by atoms with Gasteiger partial charge in [-0.3, -0.25) is 28.8 Å². The molecular formula is C52H61ClN4O8. The van der Waals surface area contributed by atoms with Gasteiger partial charge in [-0.2, -0.15) is 0 Å². The third-order valence-electron chi connectivity index (χ3n) is 13.1. The Bertz CT molecular complexity index is 2390. The molecule has 4 aromatic carbocycles. The number of rotatable bonds is 15. The molecule has 4 aromatic rings. The molecular weight excluding hydrogens is 844 g/mol. The first kappa shape index (κ1) is 48.6. The van der Waals surface area contributed by atoms with Crippen molar-refractivity contribution in [1.82, 2.24) is 15.1 Å². The van der Waals surface area contributed by atoms with Crippen LogP contribution < -0.4 is 11.1 Å². The second-order valence-electron chi connectivity index (χ2n) is 17.8. The van der Waals surface area contributed by atoms with Crippen molar-refractivity contribution < 1.29 is 39.0 Å². The molecule has 1 saturated heterocycles. The molecule has 2 aliphatic rings. The molecule has 1 fully saturated rings. The normalized spacial score (nSPS) is 19.8. The zero-order valence-corrected chi connectivity index (χ0v) is 38.5. The number of aromatic hydroxyl groups is 2. The molecule has 0 aliphatic carbocycles. The molecule has 65 heavy (non-hydrogen) atoms. The molecule has 0 spiro atoms. The summed E-state index contributed by atoms with van der Waals surface area (Å²) in [7, 11) is 1.49. The van der Waals surface area contributed by atoms with E-state index in [9.17, 15) is 39.0 Å². The lowest BCUT2D eigenvalue weighted by molar-refractivity contribution is -0.142. The van der Waals surface area contributed by atoms with Crippen LogP contribution in [-0.4, -0.2) is 87.3 Å². The van der Waals surface area contributed by atoms with E-state index in [-0.39, 0.29) is 71.8 Å². The number of amides is 3. The molecule has 6 atom stereocenters. The van der Waals surface area contributed by atoms with Crippen molar-refractivity contribution >= 4 is 46.7 Å². The monoisotopic (exact) mass is 904 g/mol. The number of Topliss-reactive ketones (excluding diaryl/α,β-unsaturated/α-hetero) is 3. The molecule has 0 radical (unpaired) electrons. The largest absolute Gasteiger partial charge is 0.507 e. The van der Waals surface area contributed by atoms with E-state index in [0.717, 1.165) is 30.4 Å². The van der Waals surface area contributed by atoms with Crippen LogP contribution in [0.15, 0.2) is 84.9 Å². The summed E-state index contributed by atoms with van der Waals surface area (Å²) in [6.07, 6.45) is 3.61. The minimum atomic E-state index is -1.27. The molecule has 344 valence electrons. The molecule has 5 N–H and O–H groups in total. The molecule has 3 amide bonds. The van der Waals surface area contributed by atoms with Crippen LogP contribution in [-0.2, 0) is 30.4 Å². The van der Waals surface area contributed by atoms with E-state index in [1.54, 1.807) is 56.3 Å². The van der Waals surface area contributed by atoms with Gasteiger partial charge in [-0.1, -0.05) is 87.3 Å². The summed E-state index contributed by atoms with van der Waals surface area (Å²) in [6, 6.07) is 21.4. The summed E-state index contributed by atoms with van der Waals surface area (Å²) < 4.78 is 0. The van der Waals surface area contributed by atoms with Gasteiger partial charge >= 0.3 is 0 Å². The van der Waals surface area contributed by atoms with E-state index in [0.29, 0.717) is 54.1 Å². The highest BCUT2D eigenvalue weighted by Crippen LogP contribution is 2.40. The molecule has 0 saturated carbocycles. The number of likely N-dealkylation sites (N-methyl/N-ethyl adjacent to an activating group) is 1. The van der Waals surface area contributed by atoms with Crippen molar-refractivity contribution in [3.63, 3.8) is 0 Å². The number of hydrogen-bond acceptors (Lipinski definition) is 9. The minimum Gasteiger partial charge on any atom is -0.507 e. The van der Waals surface area contributed by atoms with Crippen LogP contribution in [0, 0.1) is 17.8 Å². The van der Waals surface area contributed by atoms with Gasteiger partial charge in [0.1, 0.15) is 17.5 Å². The molecule has 4 bridgehead atoms. The van der Waals surface area contributed by atoms with Gasteiger partial charge in [0, 0.05) is 78.4 Å². The lowest BCUT2D eigenvalue weighted by Crippen LogP contribution is -2.47. The summed E-state index contributed by atoms with van der Waals surface area (Å²) in [5, 5.41) is 25.9. The average molecular weight is 906 g/mol. The number of hydrogen-bond donors (Lipinski definition) is 4. The molecule has 12 nitrogen and oxygen atoms in total. The second kappa shape index (κ2) is 21.9. The second-order valence-corrected chi connectivity index (χ2v) is 18.3. The molecule has 2 heterocycles. The topological polar surface area (TPSA) is 187 Å². The van der Waals surface area contributed by atoms with Gasteiger partial charge in [-0.15, -0.1) is 0 Å². The number of carbonyl (C=O) groups is 6. The van der Waals surface area contributed by atoms with Crippen LogP contribution in [0.3, 0.4) is 0 Å². The van der Waals surface area contributed by atoms with Crippen LogP contribution in [0.25, 0.3) is 22.3 Å². The molecule has 6 rings (SSSR count). The Morgan fingerprint density at radius 1 is 0.877 bits per heavy atom. The average Bonchev–Trinajstić information content (AvgIpc) is 3.78. The molecule has 0 unspecified atom stereocenters. The fraction of sp³-hybridized carbons (Fsp3) is 0.423. The lowest BCUT2D eigenvalue weighted by Gasteiger charge is -2.32. The Balaban J connectivity index is 1.30. The van der Waals surface area contributed by atoms with Crippen LogP contribution >= 0.6 is 11.6 Å². The van der Waals surface area contributed by atoms with Crippen molar-refractivity contribution in [3.8, 4) is 33.8 Å². The Hall–Kier alpha value is -5.85. The summed E-state index contributed by atoms with van der Waals surface area (Å²) in [5.41, 5.74) is 9.37. The first-order chi connectivity index (χ1) is 31.1. The fourth-order valence-corrected chi connectivity index (χ4v) is 9.38. The van der Waals surface area contributed by atoms with Gasteiger partial charge in [0.2, 0.25) is 17.7 Å². The van der Waals surface area contributed by atoms with Gasteiger partial charge in [0.25, 0.3) is 0 Å². The molecule has 2 aliphatic heterocycles. The van der Waals surface area contributed by atoms with Gasteiger partial charge in [-0.05, 0) is 104 Å². The van der Waals surface area contributed by atoms with E-state index < -0.39 is 47.4 Å². The van der Waals surface area contributed by atoms with Gasteiger partial charge in [-0.25, -0.2) is 0 Å². The quantitative estimate of drug-likeness (QED) is 0.0673. The number of nitrogens with two attached hydrogens (primary N) is 1. The minimum absolute atomic E-state index is 0.0256. The van der Waals surface area contributed by atoms with Crippen molar-refractivity contribution in [1.29, 1.82) is 0 Å². The maximum Gasteiger partial charge on any atom is 0.226 e. The third-order valence-corrected chi connectivity index (χ3v) is 13.3. The molecule has 13 heteroatoms. The number of likely N-dealkylation sites (tertiary alicyclic amines) is 1. The number of phenolic OH excluding ortho intramolecular Hbond substituents is 2. The smallest absolute Gasteiger partial charge is 0.226 e. The predicted molar refractivity (Wildman–Crippen MR) is 251 cm³/mol. The van der Waals surface area contributed by atoms with Crippen molar-refractivity contribution in [2.45, 2.75) is 103 Å². The van der Waals surface area contributed by atoms with Crippen LogP contribution in [0.4, 0.5) is 0 Å². The Labute approximate surface area is 386 Å². The van der Waals surface area contributed by atoms with E-state index in [1.165, 1.54) is 30.1 Å². The number of nitrogens with zero attached hydrogens (tertiary/aromatic N) is 2. The number of ketones is 3. The number of fused-ring (bicyclic) bond motifs is 5. The van der Waals surface area contributed by atoms with E-state index in [1.807, 2.05) is 36.1 Å². The maximum absolute atomic E-state index is 14.7. The predicted octanol–water partition coefficient (Wildman–Crippen LogP) is 8.24. The summed E-state index contributed by atoms with van der Waals surface area (Å²) in [4.78, 5) is 88.0. The number of unbranched alkanes of at least 4 members (excludes halogenated alkanes) is 1. The highest BCUT2D eigenvalue weighted by molar-refractivity contribution is 6.30. The van der Waals surface area contributed by atoms with Gasteiger partial charge in [0.05, 0.1) is 6.04 Å². The first-order valence-corrected chi connectivity index (χ1v) is 23.1. The number of phenols is 2. The summed E-state index contributed by atoms with van der Waals surface area (Å²) >= 11 is 6.07. The van der Waals surface area contributed by atoms with Crippen molar-refractivity contribution in [3.05, 3.63) is 107 Å². The van der Waals surface area contributed by atoms with Crippen LogP contribution in [0.1, 0.15) is 106 Å². The maximum atomic E-state index is 14.7. The lowest BCUT2D eigenvalue weighted by atomic mass is 9.87. The van der Waals surface area contributed by atoms with E-state index >= 15 is 0 Å². The zero-order valence-electron chi connectivity index (χ0n) is 37.7. The van der Waals surface area contributed by atoms with Gasteiger partial charge < -0.3 is 31.1 Å². The van der Waals surface area contributed by atoms with Gasteiger partial charge in [0.15, 0.2) is 17.3 Å². The van der Waals surface area contributed by atoms with Crippen molar-refractivity contribution in [2.24, 2.45) is 23.5 Å². The number of nitrogens with one attached hydrogen (secondary N) is 1. The SMILES string of the molecule is CC[C@@H]1CCCN1C(=O)[C@H](C)CC(=O)[C@@H]1Cc2ccc(O)c(c2)-c2cc(ccc2O)[C@H](N(C)C(=O)[C@H](CCCCN)CC(=O)c2ccc(-c3ccc(Cl)cc3)cc2)C(=O)C[C@@H](C)C(=O)N1. The van der Waals surface area contributed by atoms with E-state index in [2.05, 4.69) is 5.32 Å². The standard InChI is InChI=1S/C52H61ClN4O8/c1-5-40-10-8-24-57(40)51(64)32(3)26-47(61)43-28-33-11-21-44(58)41(27-33)42-29-37(18-22-45(42)59)49(48(62)25-31(2)50(63)55-43)56(4)52(65)38(9-6-7-23-54)30-46(60)36-14-12-34(13-15-36)35-16-19-39(53)20-17-35/h11-22,27,29,31-32,38,40,43,49,58-59H,5-10,23-26,28,30,54H2,1-4H3,(H,55,63)/t31-,32-,38-,40-,43+,49+/m1/s1.